The minimum atomic E-state index is 0.196. The molecule has 4 nitrogen and oxygen atoms in total. The number of nitrogens with two attached hydrogens (primary N) is 1. The van der Waals surface area contributed by atoms with Gasteiger partial charge in [-0.05, 0) is 25.8 Å². The molecule has 0 aromatic carbocycles. The van der Waals surface area contributed by atoms with Gasteiger partial charge in [-0.25, -0.2) is 0 Å². The molecule has 2 aliphatic rings. The molecule has 80 valence electrons. The molecule has 2 saturated heterocycles. The Morgan fingerprint density at radius 1 is 1.43 bits per heavy atom. The van der Waals surface area contributed by atoms with Gasteiger partial charge in [0.05, 0.1) is 5.92 Å². The van der Waals surface area contributed by atoms with Crippen LogP contribution in [0.2, 0.25) is 0 Å². The van der Waals surface area contributed by atoms with Crippen molar-refractivity contribution in [1.29, 1.82) is 0 Å². The number of hydrogen-bond donors (Lipinski definition) is 2. The molecule has 0 aliphatic carbocycles. The minimum Gasteiger partial charge on any atom is -0.341 e. The Kier molecular flexibility index (Phi) is 3.03. The third-order valence-electron chi connectivity index (χ3n) is 3.18. The molecule has 2 aliphatic heterocycles. The molecule has 3 N–H and O–H groups in total. The Morgan fingerprint density at radius 2 is 2.29 bits per heavy atom. The Bertz CT molecular complexity index is 213. The zero-order chi connectivity index (χ0) is 9.97. The van der Waals surface area contributed by atoms with Gasteiger partial charge in [-0.1, -0.05) is 0 Å². The lowest BCUT2D eigenvalue weighted by molar-refractivity contribution is -0.136. The van der Waals surface area contributed by atoms with E-state index in [4.69, 9.17) is 5.73 Å². The molecule has 2 atom stereocenters. The highest BCUT2D eigenvalue weighted by molar-refractivity contribution is 5.79. The second kappa shape index (κ2) is 4.28. The number of rotatable bonds is 1. The molecule has 2 rings (SSSR count). The number of carbonyl (C=O) groups is 1. The minimum absolute atomic E-state index is 0.196. The highest BCUT2D eigenvalue weighted by Crippen LogP contribution is 2.15. The van der Waals surface area contributed by atoms with Crippen LogP contribution in [0.3, 0.4) is 0 Å². The number of hydrogen-bond acceptors (Lipinski definition) is 3. The first-order chi connectivity index (χ1) is 6.77. The van der Waals surface area contributed by atoms with Crippen molar-refractivity contribution in [2.24, 2.45) is 11.7 Å². The number of carbonyl (C=O) groups excluding carboxylic acids is 1. The second-order valence-corrected chi connectivity index (χ2v) is 4.38. The first-order valence-corrected chi connectivity index (χ1v) is 5.52. The predicted octanol–water partition coefficient (Wildman–Crippen LogP) is -0.454. The van der Waals surface area contributed by atoms with Crippen LogP contribution in [-0.2, 0) is 4.79 Å². The lowest BCUT2D eigenvalue weighted by atomic mass is 10.0. The largest absolute Gasteiger partial charge is 0.341 e. The van der Waals surface area contributed by atoms with E-state index in [0.717, 1.165) is 45.4 Å². The molecule has 0 radical (unpaired) electrons. The van der Waals surface area contributed by atoms with E-state index >= 15 is 0 Å². The molecule has 0 saturated carbocycles. The molecule has 0 unspecified atom stereocenters. The first-order valence-electron chi connectivity index (χ1n) is 5.52. The second-order valence-electron chi connectivity index (χ2n) is 4.38. The Hall–Kier alpha value is -0.610. The topological polar surface area (TPSA) is 58.4 Å². The Morgan fingerprint density at radius 3 is 2.93 bits per heavy atom. The van der Waals surface area contributed by atoms with Gasteiger partial charge in [0.1, 0.15) is 0 Å². The van der Waals surface area contributed by atoms with Gasteiger partial charge in [0.2, 0.25) is 5.91 Å². The van der Waals surface area contributed by atoms with Crippen molar-refractivity contribution in [3.63, 3.8) is 0 Å². The third-order valence-corrected chi connectivity index (χ3v) is 3.18. The zero-order valence-corrected chi connectivity index (χ0v) is 8.54. The summed E-state index contributed by atoms with van der Waals surface area (Å²) < 4.78 is 0. The summed E-state index contributed by atoms with van der Waals surface area (Å²) in [5, 5.41) is 3.22. The molecule has 2 heterocycles. The summed E-state index contributed by atoms with van der Waals surface area (Å²) in [6.45, 7) is 3.50. The van der Waals surface area contributed by atoms with E-state index in [0.29, 0.717) is 5.91 Å². The van der Waals surface area contributed by atoms with E-state index in [9.17, 15) is 4.79 Å². The lowest BCUT2D eigenvalue weighted by Gasteiger charge is -2.32. The van der Waals surface area contributed by atoms with E-state index in [2.05, 4.69) is 5.32 Å². The maximum Gasteiger partial charge on any atom is 0.227 e. The summed E-state index contributed by atoms with van der Waals surface area (Å²) >= 11 is 0. The van der Waals surface area contributed by atoms with E-state index in [1.54, 1.807) is 0 Å². The van der Waals surface area contributed by atoms with Gasteiger partial charge in [0.25, 0.3) is 0 Å². The average Bonchev–Trinajstić information content (AvgIpc) is 2.69. The molecule has 14 heavy (non-hydrogen) atoms. The molecule has 0 aromatic rings. The van der Waals surface area contributed by atoms with Gasteiger partial charge in [-0.15, -0.1) is 0 Å². The molecule has 0 aromatic heterocycles. The first kappa shape index (κ1) is 9.93. The molecule has 0 spiro atoms. The van der Waals surface area contributed by atoms with Gasteiger partial charge < -0.3 is 16.0 Å². The quantitative estimate of drug-likeness (QED) is 0.598. The fourth-order valence-electron chi connectivity index (χ4n) is 2.33. The molecular weight excluding hydrogens is 178 g/mol. The number of nitrogens with one attached hydrogen (secondary N) is 1. The molecular formula is C10H19N3O. The van der Waals surface area contributed by atoms with E-state index in [-0.39, 0.29) is 12.0 Å². The van der Waals surface area contributed by atoms with Crippen molar-refractivity contribution >= 4 is 5.91 Å². The van der Waals surface area contributed by atoms with Crippen molar-refractivity contribution in [1.82, 2.24) is 10.2 Å². The fraction of sp³-hybridized carbons (Fsp3) is 0.900. The number of nitrogens with zero attached hydrogens (tertiary/aromatic N) is 1. The van der Waals surface area contributed by atoms with Crippen LogP contribution in [-0.4, -0.2) is 43.0 Å². The van der Waals surface area contributed by atoms with Crippen LogP contribution in [0.15, 0.2) is 0 Å². The molecule has 0 bridgehead atoms. The molecule has 4 heteroatoms. The van der Waals surface area contributed by atoms with Gasteiger partial charge in [0.15, 0.2) is 0 Å². The van der Waals surface area contributed by atoms with E-state index < -0.39 is 0 Å². The van der Waals surface area contributed by atoms with Crippen LogP contribution in [0.4, 0.5) is 0 Å². The van der Waals surface area contributed by atoms with E-state index in [1.165, 1.54) is 0 Å². The molecule has 2 fully saturated rings. The predicted molar refractivity (Wildman–Crippen MR) is 54.8 cm³/mol. The summed E-state index contributed by atoms with van der Waals surface area (Å²) in [4.78, 5) is 13.9. The standard InChI is InChI=1S/C10H19N3O/c11-9-2-1-5-13(7-9)10(14)8-3-4-12-6-8/h8-9,12H,1-7,11H2/t8-,9+/m0/s1. The maximum absolute atomic E-state index is 12.0. The van der Waals surface area contributed by atoms with Crippen molar-refractivity contribution in [2.75, 3.05) is 26.2 Å². The fourth-order valence-corrected chi connectivity index (χ4v) is 2.33. The van der Waals surface area contributed by atoms with Gasteiger partial charge >= 0.3 is 0 Å². The highest BCUT2D eigenvalue weighted by atomic mass is 16.2. The number of piperidine rings is 1. The van der Waals surface area contributed by atoms with Crippen LogP contribution < -0.4 is 11.1 Å². The third kappa shape index (κ3) is 2.07. The summed E-state index contributed by atoms with van der Waals surface area (Å²) in [6.07, 6.45) is 3.12. The van der Waals surface area contributed by atoms with Crippen LogP contribution >= 0.6 is 0 Å². The summed E-state index contributed by atoms with van der Waals surface area (Å²) in [7, 11) is 0. The Balaban J connectivity index is 1.89. The monoisotopic (exact) mass is 197 g/mol. The van der Waals surface area contributed by atoms with Crippen LogP contribution in [0, 0.1) is 5.92 Å². The zero-order valence-electron chi connectivity index (χ0n) is 8.54. The smallest absolute Gasteiger partial charge is 0.227 e. The highest BCUT2D eigenvalue weighted by Gasteiger charge is 2.29. The normalized spacial score (nSPS) is 33.4. The number of likely N-dealkylation sites (tertiary alicyclic amines) is 1. The Labute approximate surface area is 84.8 Å². The van der Waals surface area contributed by atoms with Crippen molar-refractivity contribution < 1.29 is 4.79 Å². The van der Waals surface area contributed by atoms with Crippen molar-refractivity contribution in [3.8, 4) is 0 Å². The van der Waals surface area contributed by atoms with Crippen LogP contribution in [0.25, 0.3) is 0 Å². The number of amides is 1. The maximum atomic E-state index is 12.0. The van der Waals surface area contributed by atoms with Crippen molar-refractivity contribution in [2.45, 2.75) is 25.3 Å². The summed E-state index contributed by atoms with van der Waals surface area (Å²) in [5.41, 5.74) is 5.85. The van der Waals surface area contributed by atoms with Gasteiger partial charge in [-0.3, -0.25) is 4.79 Å². The van der Waals surface area contributed by atoms with Gasteiger partial charge in [-0.2, -0.15) is 0 Å². The van der Waals surface area contributed by atoms with E-state index in [1.807, 2.05) is 4.90 Å². The van der Waals surface area contributed by atoms with Gasteiger partial charge in [0, 0.05) is 25.7 Å². The van der Waals surface area contributed by atoms with Crippen LogP contribution in [0.1, 0.15) is 19.3 Å². The van der Waals surface area contributed by atoms with Crippen LogP contribution in [0.5, 0.6) is 0 Å². The van der Waals surface area contributed by atoms with Crippen molar-refractivity contribution in [3.05, 3.63) is 0 Å². The summed E-state index contributed by atoms with van der Waals surface area (Å²) in [5.74, 6) is 0.519. The molecule has 1 amide bonds. The SMILES string of the molecule is N[C@@H]1CCCN(C(=O)[C@H]2CCNC2)C1. The summed E-state index contributed by atoms with van der Waals surface area (Å²) in [6, 6.07) is 0.196. The lowest BCUT2D eigenvalue weighted by Crippen LogP contribution is -2.48. The average molecular weight is 197 g/mol.